The quantitative estimate of drug-likeness (QED) is 0.830. The number of rotatable bonds is 7. The minimum absolute atomic E-state index is 0.0616. The molecule has 0 bridgehead atoms. The van der Waals surface area contributed by atoms with Crippen molar-refractivity contribution in [2.45, 2.75) is 45.9 Å². The van der Waals surface area contributed by atoms with E-state index < -0.39 is 0 Å². The highest BCUT2D eigenvalue weighted by molar-refractivity contribution is 5.74. The van der Waals surface area contributed by atoms with Gasteiger partial charge in [-0.25, -0.2) is 9.78 Å². The van der Waals surface area contributed by atoms with Crippen molar-refractivity contribution >= 4 is 6.03 Å². The molecule has 1 saturated heterocycles. The van der Waals surface area contributed by atoms with Crippen LogP contribution in [0.4, 0.5) is 4.79 Å². The first-order valence-corrected chi connectivity index (χ1v) is 9.36. The molecule has 6 nitrogen and oxygen atoms in total. The third kappa shape index (κ3) is 4.64. The number of amides is 2. The van der Waals surface area contributed by atoms with Gasteiger partial charge in [0.25, 0.3) is 0 Å². The summed E-state index contributed by atoms with van der Waals surface area (Å²) in [7, 11) is 0. The van der Waals surface area contributed by atoms with Gasteiger partial charge >= 0.3 is 6.03 Å². The van der Waals surface area contributed by atoms with Crippen LogP contribution in [0.15, 0.2) is 36.7 Å². The molecule has 2 amide bonds. The molecule has 1 N–H and O–H groups in total. The van der Waals surface area contributed by atoms with Gasteiger partial charge in [-0.3, -0.25) is 0 Å². The first kappa shape index (κ1) is 18.5. The zero-order valence-corrected chi connectivity index (χ0v) is 15.6. The molecule has 1 fully saturated rings. The van der Waals surface area contributed by atoms with Crippen molar-refractivity contribution in [2.24, 2.45) is 0 Å². The average Bonchev–Trinajstić information content (AvgIpc) is 3.29. The topological polar surface area (TPSA) is 59.4 Å². The third-order valence-corrected chi connectivity index (χ3v) is 4.80. The molecule has 1 aromatic heterocycles. The highest BCUT2D eigenvalue weighted by Crippen LogP contribution is 2.16. The first-order chi connectivity index (χ1) is 12.7. The van der Waals surface area contributed by atoms with E-state index in [1.165, 1.54) is 11.1 Å². The van der Waals surface area contributed by atoms with Crippen molar-refractivity contribution in [1.82, 2.24) is 19.8 Å². The number of nitrogens with one attached hydrogen (secondary N) is 1. The number of aromatic nitrogens is 2. The van der Waals surface area contributed by atoms with Gasteiger partial charge in [0.1, 0.15) is 5.82 Å². The van der Waals surface area contributed by atoms with Crippen LogP contribution < -0.4 is 5.32 Å². The van der Waals surface area contributed by atoms with E-state index in [1.807, 2.05) is 24.1 Å². The monoisotopic (exact) mass is 356 g/mol. The van der Waals surface area contributed by atoms with Gasteiger partial charge < -0.3 is 19.5 Å². The van der Waals surface area contributed by atoms with Crippen LogP contribution in [0.3, 0.4) is 0 Å². The SMILES string of the molecule is CCNC(=O)N(Cc1nccn1Cc1ccccc1C)C[C@H]1CCCO1. The Labute approximate surface area is 155 Å². The predicted molar refractivity (Wildman–Crippen MR) is 101 cm³/mol. The van der Waals surface area contributed by atoms with E-state index in [1.54, 1.807) is 6.20 Å². The van der Waals surface area contributed by atoms with Crippen molar-refractivity contribution in [3.05, 3.63) is 53.6 Å². The van der Waals surface area contributed by atoms with E-state index in [9.17, 15) is 4.79 Å². The Hall–Kier alpha value is -2.34. The fraction of sp³-hybridized carbons (Fsp3) is 0.500. The molecule has 0 saturated carbocycles. The van der Waals surface area contributed by atoms with Crippen LogP contribution in [0.25, 0.3) is 0 Å². The summed E-state index contributed by atoms with van der Waals surface area (Å²) in [4.78, 5) is 18.8. The summed E-state index contributed by atoms with van der Waals surface area (Å²) in [5, 5.41) is 2.90. The minimum atomic E-state index is -0.0616. The molecule has 0 aliphatic carbocycles. The molecule has 3 rings (SSSR count). The summed E-state index contributed by atoms with van der Waals surface area (Å²) in [6.45, 7) is 7.28. The molecule has 1 aromatic carbocycles. The fourth-order valence-corrected chi connectivity index (χ4v) is 3.29. The van der Waals surface area contributed by atoms with Gasteiger partial charge in [0.05, 0.1) is 12.6 Å². The Morgan fingerprint density at radius 3 is 3.00 bits per heavy atom. The number of nitrogens with zero attached hydrogens (tertiary/aromatic N) is 3. The van der Waals surface area contributed by atoms with Crippen molar-refractivity contribution in [3.63, 3.8) is 0 Å². The number of imidazole rings is 1. The number of benzene rings is 1. The Morgan fingerprint density at radius 2 is 2.27 bits per heavy atom. The molecule has 1 aliphatic heterocycles. The van der Waals surface area contributed by atoms with E-state index in [0.717, 1.165) is 31.8 Å². The van der Waals surface area contributed by atoms with Gasteiger partial charge in [0.2, 0.25) is 0 Å². The van der Waals surface area contributed by atoms with Crippen LogP contribution in [0.2, 0.25) is 0 Å². The standard InChI is InChI=1S/C20H28N4O2/c1-3-21-20(25)24(14-18-9-6-12-26-18)15-19-22-10-11-23(19)13-17-8-5-4-7-16(17)2/h4-5,7-8,10-11,18H,3,6,9,12-15H2,1-2H3,(H,21,25)/t18-/m1/s1. The molecule has 6 heteroatoms. The second-order valence-electron chi connectivity index (χ2n) is 6.75. The highest BCUT2D eigenvalue weighted by atomic mass is 16.5. The summed E-state index contributed by atoms with van der Waals surface area (Å²) >= 11 is 0. The normalized spacial score (nSPS) is 16.6. The van der Waals surface area contributed by atoms with Gasteiger partial charge in [0, 0.05) is 38.6 Å². The summed E-state index contributed by atoms with van der Waals surface area (Å²) in [5.41, 5.74) is 2.52. The van der Waals surface area contributed by atoms with Crippen molar-refractivity contribution < 1.29 is 9.53 Å². The molecule has 0 spiro atoms. The lowest BCUT2D eigenvalue weighted by Crippen LogP contribution is -2.43. The second kappa shape index (κ2) is 8.85. The zero-order valence-electron chi connectivity index (χ0n) is 15.6. The maximum absolute atomic E-state index is 12.5. The Balaban J connectivity index is 1.73. The van der Waals surface area contributed by atoms with Crippen LogP contribution in [0, 0.1) is 6.92 Å². The number of hydrogen-bond acceptors (Lipinski definition) is 3. The lowest BCUT2D eigenvalue weighted by molar-refractivity contribution is 0.0787. The van der Waals surface area contributed by atoms with E-state index >= 15 is 0 Å². The molecule has 140 valence electrons. The maximum Gasteiger partial charge on any atom is 0.317 e. The maximum atomic E-state index is 12.5. The van der Waals surface area contributed by atoms with Crippen LogP contribution >= 0.6 is 0 Å². The number of hydrogen-bond donors (Lipinski definition) is 1. The van der Waals surface area contributed by atoms with Gasteiger partial charge in [-0.05, 0) is 37.8 Å². The largest absolute Gasteiger partial charge is 0.376 e. The molecule has 0 unspecified atom stereocenters. The lowest BCUT2D eigenvalue weighted by atomic mass is 10.1. The average molecular weight is 356 g/mol. The molecule has 1 atom stereocenters. The van der Waals surface area contributed by atoms with Crippen LogP contribution in [0.1, 0.15) is 36.7 Å². The van der Waals surface area contributed by atoms with E-state index in [4.69, 9.17) is 4.74 Å². The number of carbonyl (C=O) groups is 1. The number of urea groups is 1. The predicted octanol–water partition coefficient (Wildman–Crippen LogP) is 2.95. The summed E-state index contributed by atoms with van der Waals surface area (Å²) in [5.74, 6) is 0.887. The fourth-order valence-electron chi connectivity index (χ4n) is 3.29. The summed E-state index contributed by atoms with van der Waals surface area (Å²) < 4.78 is 7.84. The molecule has 1 aliphatic rings. The van der Waals surface area contributed by atoms with Crippen LogP contribution in [-0.2, 0) is 17.8 Å². The van der Waals surface area contributed by atoms with Gasteiger partial charge in [0.15, 0.2) is 0 Å². The van der Waals surface area contributed by atoms with E-state index in [-0.39, 0.29) is 12.1 Å². The third-order valence-electron chi connectivity index (χ3n) is 4.80. The van der Waals surface area contributed by atoms with E-state index in [2.05, 4.69) is 40.0 Å². The van der Waals surface area contributed by atoms with Crippen LogP contribution in [0.5, 0.6) is 0 Å². The summed E-state index contributed by atoms with van der Waals surface area (Å²) in [6.07, 6.45) is 5.97. The zero-order chi connectivity index (χ0) is 18.4. The number of aryl methyl sites for hydroxylation is 1. The number of carbonyl (C=O) groups excluding carboxylic acids is 1. The van der Waals surface area contributed by atoms with E-state index in [0.29, 0.717) is 19.6 Å². The molecule has 2 heterocycles. The molecular weight excluding hydrogens is 328 g/mol. The van der Waals surface area contributed by atoms with Crippen molar-refractivity contribution in [2.75, 3.05) is 19.7 Å². The van der Waals surface area contributed by atoms with Gasteiger partial charge in [-0.1, -0.05) is 24.3 Å². The Bertz CT molecular complexity index is 722. The molecular formula is C20H28N4O2. The van der Waals surface area contributed by atoms with Gasteiger partial charge in [-0.2, -0.15) is 0 Å². The van der Waals surface area contributed by atoms with Crippen molar-refractivity contribution in [1.29, 1.82) is 0 Å². The molecule has 26 heavy (non-hydrogen) atoms. The Morgan fingerprint density at radius 1 is 1.42 bits per heavy atom. The minimum Gasteiger partial charge on any atom is -0.376 e. The molecule has 2 aromatic rings. The van der Waals surface area contributed by atoms with Crippen LogP contribution in [-0.4, -0.2) is 46.3 Å². The van der Waals surface area contributed by atoms with Gasteiger partial charge in [-0.15, -0.1) is 0 Å². The van der Waals surface area contributed by atoms with Crippen molar-refractivity contribution in [3.8, 4) is 0 Å². The highest BCUT2D eigenvalue weighted by Gasteiger charge is 2.23. The lowest BCUT2D eigenvalue weighted by Gasteiger charge is -2.25. The second-order valence-corrected chi connectivity index (χ2v) is 6.75. The number of ether oxygens (including phenoxy) is 1. The molecule has 0 radical (unpaired) electrons. The smallest absolute Gasteiger partial charge is 0.317 e. The Kier molecular flexibility index (Phi) is 6.28. The first-order valence-electron chi connectivity index (χ1n) is 9.36. The summed E-state index contributed by atoms with van der Waals surface area (Å²) in [6, 6.07) is 8.29.